The van der Waals surface area contributed by atoms with E-state index in [2.05, 4.69) is 17.6 Å². The molecule has 7 nitrogen and oxygen atoms in total. The van der Waals surface area contributed by atoms with E-state index in [4.69, 9.17) is 4.74 Å². The maximum atomic E-state index is 11.5. The molecule has 3 heterocycles. The Morgan fingerprint density at radius 2 is 2.14 bits per heavy atom. The van der Waals surface area contributed by atoms with E-state index in [0.29, 0.717) is 6.61 Å². The van der Waals surface area contributed by atoms with Crippen LogP contribution in [0.4, 0.5) is 5.69 Å². The van der Waals surface area contributed by atoms with Crippen molar-refractivity contribution in [3.05, 3.63) is 57.4 Å². The molecule has 0 saturated heterocycles. The van der Waals surface area contributed by atoms with Gasteiger partial charge in [-0.05, 0) is 37.3 Å². The summed E-state index contributed by atoms with van der Waals surface area (Å²) in [5, 5.41) is 1.80. The fraction of sp³-hybridized carbons (Fsp3) is 0.211. The number of hydrogen-bond donors (Lipinski definition) is 1. The lowest BCUT2D eigenvalue weighted by atomic mass is 10.3. The molecule has 2 aromatic rings. The summed E-state index contributed by atoms with van der Waals surface area (Å²) in [6.45, 7) is 3.45. The van der Waals surface area contributed by atoms with Crippen molar-refractivity contribution in [2.45, 2.75) is 18.4 Å². The van der Waals surface area contributed by atoms with Crippen molar-refractivity contribution in [3.63, 3.8) is 0 Å². The Kier molecular flexibility index (Phi) is 6.49. The number of fused-ring (bicyclic) bond motifs is 2. The fourth-order valence-corrected chi connectivity index (χ4v) is 5.97. The standard InChI is InChI=1S/C19H18N2O4S3.H2O/c1-2-20-17(27-16-9-6-12-25-19(16)20)10-5-11-18-21(13-28(22,23)24)14-7-3-4-8-15(14)26-18;/h3-11H,2,12-13H2,1H3;1H2. The third-order valence-electron chi connectivity index (χ3n) is 4.24. The van der Waals surface area contributed by atoms with Gasteiger partial charge < -0.3 is 15.1 Å². The van der Waals surface area contributed by atoms with Crippen LogP contribution in [-0.4, -0.2) is 30.9 Å². The van der Waals surface area contributed by atoms with Gasteiger partial charge in [0.25, 0.3) is 15.1 Å². The zero-order chi connectivity index (χ0) is 19.7. The first-order valence-electron chi connectivity index (χ1n) is 8.70. The minimum atomic E-state index is -4.15. The van der Waals surface area contributed by atoms with Gasteiger partial charge in [0.15, 0.2) is 12.4 Å². The number of aromatic nitrogens is 1. The maximum Gasteiger partial charge on any atom is 0.387 e. The van der Waals surface area contributed by atoms with Crippen LogP contribution in [0, 0.1) is 0 Å². The number of ether oxygens (including phenoxy) is 1. The summed E-state index contributed by atoms with van der Waals surface area (Å²) >= 11 is 3.12. The minimum Gasteiger partial charge on any atom is -0.870 e. The summed E-state index contributed by atoms with van der Waals surface area (Å²) in [7, 11) is -4.15. The molecule has 0 fully saturated rings. The molecular formula is C19H20N2O5S3. The topological polar surface area (TPSA) is 101 Å². The van der Waals surface area contributed by atoms with Crippen LogP contribution in [0.3, 0.4) is 0 Å². The first-order chi connectivity index (χ1) is 13.5. The van der Waals surface area contributed by atoms with E-state index in [1.807, 2.05) is 48.6 Å². The number of thioether (sulfide) groups is 1. The zero-order valence-electron chi connectivity index (χ0n) is 15.6. The quantitative estimate of drug-likeness (QED) is 0.546. The van der Waals surface area contributed by atoms with Gasteiger partial charge in [0.05, 0.1) is 10.7 Å². The van der Waals surface area contributed by atoms with E-state index in [-0.39, 0.29) is 5.48 Å². The van der Waals surface area contributed by atoms with E-state index >= 15 is 0 Å². The highest BCUT2D eigenvalue weighted by atomic mass is 32.2. The van der Waals surface area contributed by atoms with Crippen LogP contribution in [0.2, 0.25) is 0 Å². The molecule has 10 heteroatoms. The van der Waals surface area contributed by atoms with Crippen LogP contribution in [0.5, 0.6) is 5.88 Å². The predicted molar refractivity (Wildman–Crippen MR) is 115 cm³/mol. The lowest BCUT2D eigenvalue weighted by molar-refractivity contribution is -0.695. The number of nitrogens with zero attached hydrogens (tertiary/aromatic N) is 2. The fourth-order valence-electron chi connectivity index (χ4n) is 3.09. The van der Waals surface area contributed by atoms with Gasteiger partial charge >= 0.3 is 5.88 Å². The molecule has 0 bridgehead atoms. The average molecular weight is 453 g/mol. The van der Waals surface area contributed by atoms with Crippen LogP contribution in [0.25, 0.3) is 12.2 Å². The smallest absolute Gasteiger partial charge is 0.387 e. The second-order valence-corrected chi connectivity index (χ2v) is 9.69. The van der Waals surface area contributed by atoms with Gasteiger partial charge in [-0.3, -0.25) is 4.55 Å². The Bertz CT molecular complexity index is 1100. The summed E-state index contributed by atoms with van der Waals surface area (Å²) in [6.07, 6.45) is 9.83. The second kappa shape index (κ2) is 8.72. The van der Waals surface area contributed by atoms with E-state index in [9.17, 15) is 13.0 Å². The SMILES string of the molecule is CC[n+]1c(C=CC=C2Sc3ccccc3N2CS(=O)(=O)O)sc2c1OCC=C2.[OH-]. The highest BCUT2D eigenvalue weighted by Crippen LogP contribution is 2.45. The lowest BCUT2D eigenvalue weighted by Crippen LogP contribution is -2.35. The molecule has 4 rings (SSSR count). The Labute approximate surface area is 177 Å². The summed E-state index contributed by atoms with van der Waals surface area (Å²) < 4.78 is 40.1. The Morgan fingerprint density at radius 3 is 2.90 bits per heavy atom. The summed E-state index contributed by atoms with van der Waals surface area (Å²) in [5.41, 5.74) is 0.776. The second-order valence-electron chi connectivity index (χ2n) is 6.14. The third kappa shape index (κ3) is 4.57. The number of benzene rings is 1. The maximum absolute atomic E-state index is 11.5. The molecule has 0 amide bonds. The molecule has 0 spiro atoms. The molecule has 1 aromatic carbocycles. The van der Waals surface area contributed by atoms with Crippen molar-refractivity contribution in [1.29, 1.82) is 0 Å². The molecule has 2 aliphatic heterocycles. The Balaban J connectivity index is 0.00000240. The predicted octanol–water partition coefficient (Wildman–Crippen LogP) is 3.60. The highest BCUT2D eigenvalue weighted by molar-refractivity contribution is 8.03. The molecular weight excluding hydrogens is 432 g/mol. The first-order valence-corrected chi connectivity index (χ1v) is 11.9. The van der Waals surface area contributed by atoms with Crippen LogP contribution in [0.1, 0.15) is 16.8 Å². The molecule has 0 unspecified atom stereocenters. The molecule has 1 aromatic heterocycles. The first kappa shape index (κ1) is 21.6. The van der Waals surface area contributed by atoms with Crippen LogP contribution in [-0.2, 0) is 16.7 Å². The largest absolute Gasteiger partial charge is 0.870 e. The zero-order valence-corrected chi connectivity index (χ0v) is 18.0. The van der Waals surface area contributed by atoms with Crippen molar-refractivity contribution in [2.24, 2.45) is 0 Å². The molecule has 0 atom stereocenters. The Hall–Kier alpha value is -2.11. The van der Waals surface area contributed by atoms with Crippen molar-refractivity contribution in [3.8, 4) is 5.88 Å². The van der Waals surface area contributed by atoms with Crippen molar-refractivity contribution < 1.29 is 27.8 Å². The molecule has 2 aliphatic rings. The monoisotopic (exact) mass is 452 g/mol. The minimum absolute atomic E-state index is 0. The van der Waals surface area contributed by atoms with Gasteiger partial charge in [-0.1, -0.05) is 41.3 Å². The van der Waals surface area contributed by atoms with Crippen molar-refractivity contribution >= 4 is 51.1 Å². The van der Waals surface area contributed by atoms with Gasteiger partial charge in [-0.15, -0.1) is 0 Å². The van der Waals surface area contributed by atoms with Crippen molar-refractivity contribution in [2.75, 3.05) is 17.4 Å². The van der Waals surface area contributed by atoms with Crippen LogP contribution in [0.15, 0.2) is 52.4 Å². The van der Waals surface area contributed by atoms with Crippen LogP contribution < -0.4 is 14.2 Å². The number of rotatable bonds is 5. The number of thiazole rings is 1. The summed E-state index contributed by atoms with van der Waals surface area (Å²) in [4.78, 5) is 3.66. The molecule has 0 radical (unpaired) electrons. The summed E-state index contributed by atoms with van der Waals surface area (Å²) in [6, 6.07) is 7.54. The van der Waals surface area contributed by atoms with Gasteiger partial charge in [0.2, 0.25) is 0 Å². The molecule has 0 saturated carbocycles. The number of anilines is 1. The number of allylic oxidation sites excluding steroid dienone is 2. The molecule has 0 aliphatic carbocycles. The Morgan fingerprint density at radius 1 is 1.34 bits per heavy atom. The molecule has 2 N–H and O–H groups in total. The third-order valence-corrected chi connectivity index (χ3v) is 7.06. The molecule has 29 heavy (non-hydrogen) atoms. The number of para-hydroxylation sites is 1. The normalized spacial score (nSPS) is 16.6. The lowest BCUT2D eigenvalue weighted by Gasteiger charge is -2.17. The van der Waals surface area contributed by atoms with E-state index in [1.54, 1.807) is 16.2 Å². The van der Waals surface area contributed by atoms with Crippen LogP contribution >= 0.6 is 23.1 Å². The average Bonchev–Trinajstić information content (AvgIpc) is 3.18. The van der Waals surface area contributed by atoms with Gasteiger partial charge in [0, 0.05) is 11.0 Å². The van der Waals surface area contributed by atoms with Gasteiger partial charge in [0.1, 0.15) is 11.5 Å². The highest BCUT2D eigenvalue weighted by Gasteiger charge is 2.28. The van der Waals surface area contributed by atoms with Gasteiger partial charge in [-0.25, -0.2) is 0 Å². The summed E-state index contributed by atoms with van der Waals surface area (Å²) in [5.74, 6) is 0.412. The van der Waals surface area contributed by atoms with Gasteiger partial charge in [-0.2, -0.15) is 13.0 Å². The molecule has 154 valence electrons. The van der Waals surface area contributed by atoms with E-state index in [1.165, 1.54) is 11.8 Å². The van der Waals surface area contributed by atoms with E-state index in [0.717, 1.165) is 37.9 Å². The number of hydrogen-bond acceptors (Lipinski definition) is 7. The van der Waals surface area contributed by atoms with E-state index < -0.39 is 16.0 Å². The van der Waals surface area contributed by atoms with Crippen molar-refractivity contribution in [1.82, 2.24) is 0 Å².